The number of hydrogen-bond donors (Lipinski definition) is 1. The van der Waals surface area contributed by atoms with Crippen molar-refractivity contribution in [1.29, 1.82) is 0 Å². The van der Waals surface area contributed by atoms with Gasteiger partial charge >= 0.3 is 13.0 Å². The zero-order valence-corrected chi connectivity index (χ0v) is 29.7. The summed E-state index contributed by atoms with van der Waals surface area (Å²) in [6, 6.07) is 0. The van der Waals surface area contributed by atoms with E-state index in [1.54, 1.807) is 41.0 Å². The van der Waals surface area contributed by atoms with Gasteiger partial charge < -0.3 is 24.3 Å². The summed E-state index contributed by atoms with van der Waals surface area (Å²) < 4.78 is 104. The fourth-order valence-electron chi connectivity index (χ4n) is 0.520. The lowest BCUT2D eigenvalue weighted by atomic mass is 10.3. The summed E-state index contributed by atoms with van der Waals surface area (Å²) in [5.74, 6) is 5.06. The van der Waals surface area contributed by atoms with Crippen molar-refractivity contribution in [2.24, 2.45) is 11.8 Å². The summed E-state index contributed by atoms with van der Waals surface area (Å²) in [5, 5.41) is 2.93. The van der Waals surface area contributed by atoms with E-state index in [1.807, 2.05) is 20.9 Å². The number of ether oxygens (including phenoxy) is 5. The Morgan fingerprint density at radius 1 is 0.857 bits per heavy atom. The van der Waals surface area contributed by atoms with E-state index >= 15 is 0 Å². The van der Waals surface area contributed by atoms with Gasteiger partial charge in [-0.05, 0) is 74.4 Å². The highest BCUT2D eigenvalue weighted by atomic mass is 32.2. The highest BCUT2D eigenvalue weighted by Crippen LogP contribution is 2.28. The predicted molar refractivity (Wildman–Crippen MR) is 165 cm³/mol. The van der Waals surface area contributed by atoms with E-state index in [0.29, 0.717) is 13.2 Å². The third-order valence-corrected chi connectivity index (χ3v) is 2.33. The minimum absolute atomic E-state index is 0.384. The second-order valence-electron chi connectivity index (χ2n) is 9.13. The molecule has 7 nitrogen and oxygen atoms in total. The quantitative estimate of drug-likeness (QED) is 0.242. The Morgan fingerprint density at radius 2 is 1.05 bits per heavy atom. The van der Waals surface area contributed by atoms with Crippen molar-refractivity contribution < 1.29 is 58.6 Å². The van der Waals surface area contributed by atoms with Gasteiger partial charge in [0, 0.05) is 61.8 Å². The first kappa shape index (κ1) is 60.5. The highest BCUT2D eigenvalue weighted by molar-refractivity contribution is 7.98. The minimum Gasteiger partial charge on any atom is -0.388 e. The van der Waals surface area contributed by atoms with Crippen molar-refractivity contribution >= 4 is 15.4 Å². The first-order valence-corrected chi connectivity index (χ1v) is 15.4. The Hall–Kier alpha value is -0.710. The number of rotatable bonds is 5. The van der Waals surface area contributed by atoms with E-state index < -0.39 is 28.9 Å². The SMILES string of the molecule is C=S(C)(C)=O.CC(C)C.CC(F)F.CCNC.COC.COC(C)C.COC(F)(F)F.COC(F)F.COCC1CC1. The molecular formula is C27H64F7NO6S. The molecule has 0 aliphatic heterocycles. The van der Waals surface area contributed by atoms with E-state index in [-0.39, 0.29) is 0 Å². The maximum Gasteiger partial charge on any atom is 0.522 e. The molecule has 0 aromatic heterocycles. The van der Waals surface area contributed by atoms with E-state index in [1.165, 1.54) is 12.8 Å². The van der Waals surface area contributed by atoms with Gasteiger partial charge in [0.25, 0.3) is 0 Å². The van der Waals surface area contributed by atoms with Gasteiger partial charge in [0.15, 0.2) is 0 Å². The molecule has 1 saturated carbocycles. The van der Waals surface area contributed by atoms with E-state index in [4.69, 9.17) is 9.47 Å². The van der Waals surface area contributed by atoms with Gasteiger partial charge in [0.05, 0.1) is 6.10 Å². The Bertz CT molecular complexity index is 494. The van der Waals surface area contributed by atoms with Crippen molar-refractivity contribution in [1.82, 2.24) is 5.32 Å². The summed E-state index contributed by atoms with van der Waals surface area (Å²) in [7, 11) is 8.51. The van der Waals surface area contributed by atoms with Crippen molar-refractivity contribution in [2.45, 2.75) is 86.8 Å². The summed E-state index contributed by atoms with van der Waals surface area (Å²) >= 11 is 0. The highest BCUT2D eigenvalue weighted by Gasteiger charge is 2.25. The molecule has 1 fully saturated rings. The molecular weight excluding hydrogens is 599 g/mol. The maximum absolute atomic E-state index is 10.6. The van der Waals surface area contributed by atoms with E-state index in [0.717, 1.165) is 39.0 Å². The lowest BCUT2D eigenvalue weighted by molar-refractivity contribution is -0.311. The van der Waals surface area contributed by atoms with Crippen LogP contribution >= 0.6 is 0 Å². The standard InChI is InChI=1S/C5H10O.C4H10O.C4H10.C3H9N.C3H8OS.C2H3F3O.C2H4F2O.C2H4F2.C2H6O/c1-6-4-5-2-3-5;1-4(2)5-3;1-4(2)3;1-3-4-2;1-5(2,3)4;1-6-2(3,4)5;1-5-2(3)4;1-2(3)4;1-3-2/h5H,2-4H2,1H3;4H,1-3H3;4H,1-3H3;4H,3H2,1-2H3;1H2,2-3H3;1H3;2H,1H3;2H,1H3;1-2H3. The molecule has 0 saturated heterocycles. The molecule has 42 heavy (non-hydrogen) atoms. The van der Waals surface area contributed by atoms with Crippen LogP contribution in [0.4, 0.5) is 30.7 Å². The smallest absolute Gasteiger partial charge is 0.388 e. The molecule has 0 aromatic rings. The molecule has 1 N–H and O–H groups in total. The van der Waals surface area contributed by atoms with E-state index in [9.17, 15) is 34.9 Å². The third-order valence-electron chi connectivity index (χ3n) is 2.33. The van der Waals surface area contributed by atoms with Gasteiger partial charge in [-0.3, -0.25) is 8.95 Å². The summed E-state index contributed by atoms with van der Waals surface area (Å²) in [6.45, 7) is 12.8. The largest absolute Gasteiger partial charge is 0.522 e. The molecule has 0 spiro atoms. The molecule has 0 bridgehead atoms. The van der Waals surface area contributed by atoms with Crippen LogP contribution in [0.1, 0.15) is 61.3 Å². The number of hydrogen-bond acceptors (Lipinski definition) is 7. The molecule has 0 heterocycles. The fourth-order valence-corrected chi connectivity index (χ4v) is 0.520. The monoisotopic (exact) mass is 663 g/mol. The number of methoxy groups -OCH3 is 5. The average Bonchev–Trinajstić information content (AvgIpc) is 3.63. The second-order valence-corrected chi connectivity index (χ2v) is 12.0. The maximum atomic E-state index is 10.6. The van der Waals surface area contributed by atoms with Gasteiger partial charge in [-0.15, -0.1) is 13.2 Å². The van der Waals surface area contributed by atoms with Gasteiger partial charge in [0.1, 0.15) is 0 Å². The molecule has 0 atom stereocenters. The van der Waals surface area contributed by atoms with Gasteiger partial charge in [0.2, 0.25) is 6.43 Å². The van der Waals surface area contributed by atoms with Crippen molar-refractivity contribution in [2.75, 3.05) is 75.4 Å². The van der Waals surface area contributed by atoms with Crippen molar-refractivity contribution in [3.63, 3.8) is 0 Å². The third kappa shape index (κ3) is 326. The Morgan fingerprint density at radius 3 is 1.07 bits per heavy atom. The fraction of sp³-hybridized carbons (Fsp3) is 0.963. The average molecular weight is 664 g/mol. The van der Waals surface area contributed by atoms with Crippen LogP contribution in [-0.4, -0.2) is 111 Å². The van der Waals surface area contributed by atoms with Gasteiger partial charge in [-0.1, -0.05) is 27.7 Å². The van der Waals surface area contributed by atoms with Crippen molar-refractivity contribution in [3.05, 3.63) is 0 Å². The first-order chi connectivity index (χ1) is 18.8. The summed E-state index contributed by atoms with van der Waals surface area (Å²) in [5.41, 5.74) is 0. The predicted octanol–water partition coefficient (Wildman–Crippen LogP) is 7.48. The van der Waals surface area contributed by atoms with Crippen LogP contribution in [0.2, 0.25) is 0 Å². The van der Waals surface area contributed by atoms with Gasteiger partial charge in [-0.2, -0.15) is 8.78 Å². The zero-order valence-electron chi connectivity index (χ0n) is 28.9. The molecule has 1 aliphatic carbocycles. The Labute approximate surface area is 253 Å². The summed E-state index contributed by atoms with van der Waals surface area (Å²) in [4.78, 5) is 0. The van der Waals surface area contributed by atoms with Gasteiger partial charge in [-0.25, -0.2) is 8.78 Å². The number of nitrogens with one attached hydrogen (secondary N) is 1. The molecule has 0 radical (unpaired) electrons. The topological polar surface area (TPSA) is 75.3 Å². The second kappa shape index (κ2) is 47.2. The number of alkyl halides is 7. The molecule has 0 aromatic carbocycles. The van der Waals surface area contributed by atoms with E-state index in [2.05, 4.69) is 53.1 Å². The van der Waals surface area contributed by atoms with Crippen LogP contribution in [0.25, 0.3) is 0 Å². The normalized spacial score (nSPS) is 11.3. The number of halogens is 7. The molecule has 1 aliphatic rings. The summed E-state index contributed by atoms with van der Waals surface area (Å²) in [6.07, 6.45) is -0.239. The zero-order chi connectivity index (χ0) is 36.0. The Kier molecular flexibility index (Phi) is 68.0. The van der Waals surface area contributed by atoms with Crippen LogP contribution < -0.4 is 5.32 Å². The first-order valence-electron chi connectivity index (χ1n) is 12.9. The molecule has 15 heteroatoms. The lowest BCUT2D eigenvalue weighted by Crippen LogP contribution is -2.08. The molecule has 0 amide bonds. The van der Waals surface area contributed by atoms with Crippen LogP contribution in [0.5, 0.6) is 0 Å². The lowest BCUT2D eigenvalue weighted by Gasteiger charge is -1.97. The molecule has 268 valence electrons. The van der Waals surface area contributed by atoms with Crippen LogP contribution in [0, 0.1) is 11.8 Å². The molecule has 1 rings (SSSR count). The van der Waals surface area contributed by atoms with Crippen LogP contribution in [0.15, 0.2) is 0 Å². The Balaban J connectivity index is -0.0000000520. The minimum atomic E-state index is -4.46. The van der Waals surface area contributed by atoms with Crippen molar-refractivity contribution in [3.8, 4) is 0 Å². The molecule has 0 unspecified atom stereocenters. The van der Waals surface area contributed by atoms with Crippen LogP contribution in [0.3, 0.4) is 0 Å². The van der Waals surface area contributed by atoms with Crippen LogP contribution in [-0.2, 0) is 33.2 Å².